The van der Waals surface area contributed by atoms with E-state index in [0.29, 0.717) is 12.4 Å². The lowest BCUT2D eigenvalue weighted by Crippen LogP contribution is -2.15. The zero-order chi connectivity index (χ0) is 19.9. The van der Waals surface area contributed by atoms with Gasteiger partial charge in [-0.2, -0.15) is 13.2 Å². The Hall–Kier alpha value is -2.21. The first-order valence-electron chi connectivity index (χ1n) is 8.73. The summed E-state index contributed by atoms with van der Waals surface area (Å²) in [4.78, 5) is 12.6. The fourth-order valence-electron chi connectivity index (χ4n) is 2.48. The number of unbranched alkanes of at least 4 members (excludes halogenated alkanes) is 3. The minimum Gasteiger partial charge on any atom is -0.493 e. The third kappa shape index (κ3) is 6.17. The fraction of sp³-hybridized carbons (Fsp3) is 0.350. The van der Waals surface area contributed by atoms with Crippen molar-refractivity contribution in [3.05, 3.63) is 58.6 Å². The van der Waals surface area contributed by atoms with Gasteiger partial charge in [0.15, 0.2) is 0 Å². The molecule has 0 aromatic heterocycles. The van der Waals surface area contributed by atoms with Gasteiger partial charge in [0.1, 0.15) is 5.75 Å². The van der Waals surface area contributed by atoms with Gasteiger partial charge in [0, 0.05) is 0 Å². The molecular formula is C20H21ClF3NO2. The van der Waals surface area contributed by atoms with Crippen LogP contribution in [-0.2, 0) is 6.18 Å². The second-order valence-electron chi connectivity index (χ2n) is 6.05. The number of amides is 1. The van der Waals surface area contributed by atoms with Gasteiger partial charge in [-0.15, -0.1) is 0 Å². The van der Waals surface area contributed by atoms with E-state index >= 15 is 0 Å². The number of halogens is 4. The Labute approximate surface area is 161 Å². The molecule has 0 saturated carbocycles. The highest BCUT2D eigenvalue weighted by molar-refractivity contribution is 6.34. The zero-order valence-corrected chi connectivity index (χ0v) is 15.7. The summed E-state index contributed by atoms with van der Waals surface area (Å²) in [6, 6.07) is 9.39. The molecule has 7 heteroatoms. The fourth-order valence-corrected chi connectivity index (χ4v) is 2.64. The number of hydrogen-bond donors (Lipinski definition) is 1. The van der Waals surface area contributed by atoms with Gasteiger partial charge in [0.25, 0.3) is 5.91 Å². The number of carbonyl (C=O) groups excluding carboxylic acids is 1. The number of anilines is 1. The van der Waals surface area contributed by atoms with Crippen LogP contribution in [0.4, 0.5) is 18.9 Å². The van der Waals surface area contributed by atoms with Crippen LogP contribution in [0.3, 0.4) is 0 Å². The van der Waals surface area contributed by atoms with Gasteiger partial charge in [-0.05, 0) is 36.8 Å². The SMILES string of the molecule is CCCCCCOc1ccccc1C(=O)Nc1cc(C(F)(F)F)ccc1Cl. The van der Waals surface area contributed by atoms with Crippen LogP contribution < -0.4 is 10.1 Å². The molecule has 27 heavy (non-hydrogen) atoms. The number of ether oxygens (including phenoxy) is 1. The van der Waals surface area contributed by atoms with Gasteiger partial charge in [-0.25, -0.2) is 0 Å². The Morgan fingerprint density at radius 2 is 1.85 bits per heavy atom. The molecule has 1 N–H and O–H groups in total. The van der Waals surface area contributed by atoms with Crippen LogP contribution in [0, 0.1) is 0 Å². The number of rotatable bonds is 8. The molecule has 0 saturated heterocycles. The molecule has 2 rings (SSSR count). The molecule has 3 nitrogen and oxygen atoms in total. The summed E-state index contributed by atoms with van der Waals surface area (Å²) >= 11 is 5.94. The van der Waals surface area contributed by atoms with Crippen molar-refractivity contribution >= 4 is 23.2 Å². The quantitative estimate of drug-likeness (QED) is 0.510. The lowest BCUT2D eigenvalue weighted by atomic mass is 10.1. The van der Waals surface area contributed by atoms with Crippen molar-refractivity contribution in [2.75, 3.05) is 11.9 Å². The molecule has 0 atom stereocenters. The van der Waals surface area contributed by atoms with E-state index in [0.717, 1.165) is 43.9 Å². The van der Waals surface area contributed by atoms with E-state index in [4.69, 9.17) is 16.3 Å². The number of para-hydroxylation sites is 1. The van der Waals surface area contributed by atoms with Crippen LogP contribution in [0.2, 0.25) is 5.02 Å². The monoisotopic (exact) mass is 399 g/mol. The van der Waals surface area contributed by atoms with Gasteiger partial charge in [0.05, 0.1) is 28.4 Å². The third-order valence-corrected chi connectivity index (χ3v) is 4.26. The van der Waals surface area contributed by atoms with Gasteiger partial charge < -0.3 is 10.1 Å². The number of alkyl halides is 3. The Kier molecular flexibility index (Phi) is 7.54. The molecule has 0 fully saturated rings. The summed E-state index contributed by atoms with van der Waals surface area (Å²) in [7, 11) is 0. The summed E-state index contributed by atoms with van der Waals surface area (Å²) in [5, 5.41) is 2.46. The summed E-state index contributed by atoms with van der Waals surface area (Å²) < 4.78 is 44.3. The molecule has 1 amide bonds. The molecule has 0 aliphatic carbocycles. The second kappa shape index (κ2) is 9.65. The molecule has 0 unspecified atom stereocenters. The molecule has 0 bridgehead atoms. The summed E-state index contributed by atoms with van der Waals surface area (Å²) in [6.07, 6.45) is -0.409. The first-order chi connectivity index (χ1) is 12.8. The number of carbonyl (C=O) groups is 1. The van der Waals surface area contributed by atoms with E-state index in [-0.39, 0.29) is 16.3 Å². The highest BCUT2D eigenvalue weighted by atomic mass is 35.5. The van der Waals surface area contributed by atoms with Crippen LogP contribution in [0.15, 0.2) is 42.5 Å². The topological polar surface area (TPSA) is 38.3 Å². The third-order valence-electron chi connectivity index (χ3n) is 3.93. The smallest absolute Gasteiger partial charge is 0.416 e. The average molecular weight is 400 g/mol. The lowest BCUT2D eigenvalue weighted by Gasteiger charge is -2.14. The van der Waals surface area contributed by atoms with Crippen LogP contribution in [0.5, 0.6) is 5.75 Å². The highest BCUT2D eigenvalue weighted by Gasteiger charge is 2.31. The zero-order valence-electron chi connectivity index (χ0n) is 14.9. The lowest BCUT2D eigenvalue weighted by molar-refractivity contribution is -0.137. The van der Waals surface area contributed by atoms with Gasteiger partial charge in [-0.3, -0.25) is 4.79 Å². The predicted octanol–water partition coefficient (Wildman–Crippen LogP) is 6.57. The highest BCUT2D eigenvalue weighted by Crippen LogP contribution is 2.34. The molecule has 0 aliphatic rings. The molecule has 2 aromatic carbocycles. The van der Waals surface area contributed by atoms with Crippen molar-refractivity contribution in [3.8, 4) is 5.75 Å². The molecule has 0 aliphatic heterocycles. The van der Waals surface area contributed by atoms with Gasteiger partial charge >= 0.3 is 6.18 Å². The summed E-state index contributed by atoms with van der Waals surface area (Å²) in [6.45, 7) is 2.58. The van der Waals surface area contributed by atoms with E-state index in [1.165, 1.54) is 0 Å². The van der Waals surface area contributed by atoms with Crippen molar-refractivity contribution in [1.29, 1.82) is 0 Å². The van der Waals surface area contributed by atoms with Crippen molar-refractivity contribution in [3.63, 3.8) is 0 Å². The van der Waals surface area contributed by atoms with E-state index in [1.54, 1.807) is 24.3 Å². The molecular weight excluding hydrogens is 379 g/mol. The predicted molar refractivity (Wildman–Crippen MR) is 100 cm³/mol. The van der Waals surface area contributed by atoms with Crippen molar-refractivity contribution in [1.82, 2.24) is 0 Å². The van der Waals surface area contributed by atoms with Crippen LogP contribution >= 0.6 is 11.6 Å². The van der Waals surface area contributed by atoms with E-state index in [1.807, 2.05) is 0 Å². The average Bonchev–Trinajstić information content (AvgIpc) is 2.62. The van der Waals surface area contributed by atoms with Gasteiger partial charge in [-0.1, -0.05) is 49.9 Å². The normalized spacial score (nSPS) is 11.3. The number of hydrogen-bond acceptors (Lipinski definition) is 2. The second-order valence-corrected chi connectivity index (χ2v) is 6.46. The first-order valence-corrected chi connectivity index (χ1v) is 9.10. The molecule has 0 heterocycles. The maximum atomic E-state index is 12.9. The maximum absolute atomic E-state index is 12.9. The Morgan fingerprint density at radius 1 is 1.11 bits per heavy atom. The molecule has 2 aromatic rings. The van der Waals surface area contributed by atoms with E-state index in [9.17, 15) is 18.0 Å². The maximum Gasteiger partial charge on any atom is 0.416 e. The molecule has 0 radical (unpaired) electrons. The Morgan fingerprint density at radius 3 is 2.56 bits per heavy atom. The van der Waals surface area contributed by atoms with E-state index in [2.05, 4.69) is 12.2 Å². The van der Waals surface area contributed by atoms with Crippen LogP contribution in [0.25, 0.3) is 0 Å². The Balaban J connectivity index is 2.12. The van der Waals surface area contributed by atoms with Crippen molar-refractivity contribution in [2.45, 2.75) is 38.8 Å². The van der Waals surface area contributed by atoms with Crippen molar-refractivity contribution < 1.29 is 22.7 Å². The molecule has 146 valence electrons. The summed E-state index contributed by atoms with van der Waals surface area (Å²) in [5.74, 6) is -0.199. The number of nitrogens with one attached hydrogen (secondary N) is 1. The van der Waals surface area contributed by atoms with Gasteiger partial charge in [0.2, 0.25) is 0 Å². The number of benzene rings is 2. The van der Waals surface area contributed by atoms with Crippen molar-refractivity contribution in [2.24, 2.45) is 0 Å². The Bertz CT molecular complexity index is 778. The van der Waals surface area contributed by atoms with Crippen LogP contribution in [-0.4, -0.2) is 12.5 Å². The minimum absolute atomic E-state index is 0.0225. The standard InChI is InChI=1S/C20H21ClF3NO2/c1-2-3-4-7-12-27-18-9-6-5-8-15(18)19(26)25-17-13-14(20(22,23)24)10-11-16(17)21/h5-6,8-11,13H,2-4,7,12H2,1H3,(H,25,26). The minimum atomic E-state index is -4.52. The largest absolute Gasteiger partial charge is 0.493 e. The van der Waals surface area contributed by atoms with E-state index < -0.39 is 17.6 Å². The van der Waals surface area contributed by atoms with Crippen LogP contribution in [0.1, 0.15) is 48.5 Å². The first kappa shape index (κ1) is 21.1. The summed E-state index contributed by atoms with van der Waals surface area (Å²) in [5.41, 5.74) is -0.752. The molecule has 0 spiro atoms.